The Bertz CT molecular complexity index is 240. The standard InChI is InChI=1S/C13H23NO2/c1-4-5-6-7-9-14-10-8-11(2)12(14)13(15)16-3/h4,11-12H,1,5-10H2,2-3H3/t11?,12-/m0/s1. The molecule has 0 N–H and O–H groups in total. The lowest BCUT2D eigenvalue weighted by Crippen LogP contribution is -2.40. The van der Waals surface area contributed by atoms with Gasteiger partial charge in [0.05, 0.1) is 7.11 Å². The van der Waals surface area contributed by atoms with Crippen LogP contribution < -0.4 is 0 Å². The van der Waals surface area contributed by atoms with Crippen LogP contribution in [0, 0.1) is 5.92 Å². The third kappa shape index (κ3) is 3.34. The van der Waals surface area contributed by atoms with Crippen LogP contribution in [0.3, 0.4) is 0 Å². The number of carbonyl (C=O) groups excluding carboxylic acids is 1. The third-order valence-corrected chi connectivity index (χ3v) is 3.35. The monoisotopic (exact) mass is 225 g/mol. The number of rotatable bonds is 6. The summed E-state index contributed by atoms with van der Waals surface area (Å²) in [5.41, 5.74) is 0. The van der Waals surface area contributed by atoms with Crippen molar-refractivity contribution in [2.24, 2.45) is 5.92 Å². The normalized spacial score (nSPS) is 25.6. The summed E-state index contributed by atoms with van der Waals surface area (Å²) in [6, 6.07) is -0.0197. The summed E-state index contributed by atoms with van der Waals surface area (Å²) in [6.45, 7) is 7.86. The average Bonchev–Trinajstić information content (AvgIpc) is 2.65. The van der Waals surface area contributed by atoms with Crippen LogP contribution in [0.1, 0.15) is 32.6 Å². The smallest absolute Gasteiger partial charge is 0.323 e. The van der Waals surface area contributed by atoms with E-state index in [1.165, 1.54) is 7.11 Å². The van der Waals surface area contributed by atoms with Crippen molar-refractivity contribution < 1.29 is 9.53 Å². The van der Waals surface area contributed by atoms with Crippen molar-refractivity contribution in [3.63, 3.8) is 0 Å². The Kier molecular flexibility index (Phi) is 5.53. The third-order valence-electron chi connectivity index (χ3n) is 3.35. The first-order valence-electron chi connectivity index (χ1n) is 6.13. The van der Waals surface area contributed by atoms with Gasteiger partial charge in [0, 0.05) is 0 Å². The number of unbranched alkanes of at least 4 members (excludes halogenated alkanes) is 2. The van der Waals surface area contributed by atoms with Gasteiger partial charge >= 0.3 is 5.97 Å². The molecule has 1 rings (SSSR count). The van der Waals surface area contributed by atoms with Crippen molar-refractivity contribution in [2.45, 2.75) is 38.6 Å². The molecule has 0 aromatic carbocycles. The molecule has 0 amide bonds. The fourth-order valence-corrected chi connectivity index (χ4v) is 2.38. The molecule has 0 saturated carbocycles. The number of hydrogen-bond donors (Lipinski definition) is 0. The van der Waals surface area contributed by atoms with Gasteiger partial charge in [-0.15, -0.1) is 6.58 Å². The van der Waals surface area contributed by atoms with Gasteiger partial charge in [-0.05, 0) is 44.7 Å². The van der Waals surface area contributed by atoms with Gasteiger partial charge in [0.2, 0.25) is 0 Å². The summed E-state index contributed by atoms with van der Waals surface area (Å²) in [4.78, 5) is 13.9. The molecule has 0 aromatic rings. The van der Waals surface area contributed by atoms with E-state index in [4.69, 9.17) is 4.74 Å². The number of carbonyl (C=O) groups is 1. The van der Waals surface area contributed by atoms with Gasteiger partial charge < -0.3 is 4.74 Å². The highest BCUT2D eigenvalue weighted by Gasteiger charge is 2.36. The summed E-state index contributed by atoms with van der Waals surface area (Å²) in [5.74, 6) is 0.348. The van der Waals surface area contributed by atoms with E-state index in [0.717, 1.165) is 38.8 Å². The minimum Gasteiger partial charge on any atom is -0.468 e. The Morgan fingerprint density at radius 2 is 2.31 bits per heavy atom. The summed E-state index contributed by atoms with van der Waals surface area (Å²) < 4.78 is 4.87. The van der Waals surface area contributed by atoms with E-state index in [-0.39, 0.29) is 12.0 Å². The first-order valence-corrected chi connectivity index (χ1v) is 6.13. The maximum Gasteiger partial charge on any atom is 0.323 e. The van der Waals surface area contributed by atoms with Crippen molar-refractivity contribution in [3.8, 4) is 0 Å². The van der Waals surface area contributed by atoms with Crippen LogP contribution in [0.2, 0.25) is 0 Å². The summed E-state index contributed by atoms with van der Waals surface area (Å²) in [6.07, 6.45) is 6.40. The summed E-state index contributed by atoms with van der Waals surface area (Å²) >= 11 is 0. The Hall–Kier alpha value is -0.830. The Morgan fingerprint density at radius 1 is 1.56 bits per heavy atom. The van der Waals surface area contributed by atoms with Crippen LogP contribution >= 0.6 is 0 Å². The van der Waals surface area contributed by atoms with Gasteiger partial charge in [0.15, 0.2) is 0 Å². The van der Waals surface area contributed by atoms with Gasteiger partial charge in [-0.1, -0.05) is 13.0 Å². The first kappa shape index (κ1) is 13.2. The maximum atomic E-state index is 11.6. The lowest BCUT2D eigenvalue weighted by molar-refractivity contribution is -0.147. The molecular weight excluding hydrogens is 202 g/mol. The number of nitrogens with zero attached hydrogens (tertiary/aromatic N) is 1. The van der Waals surface area contributed by atoms with Crippen LogP contribution in [-0.2, 0) is 9.53 Å². The van der Waals surface area contributed by atoms with Gasteiger partial charge in [-0.2, -0.15) is 0 Å². The molecule has 1 heterocycles. The predicted molar refractivity (Wildman–Crippen MR) is 65.2 cm³/mol. The van der Waals surface area contributed by atoms with Gasteiger partial charge in [-0.3, -0.25) is 9.69 Å². The molecule has 1 saturated heterocycles. The molecule has 3 nitrogen and oxygen atoms in total. The zero-order chi connectivity index (χ0) is 12.0. The maximum absolute atomic E-state index is 11.6. The molecule has 1 aliphatic heterocycles. The van der Waals surface area contributed by atoms with Crippen molar-refractivity contribution in [1.82, 2.24) is 4.90 Å². The molecule has 1 fully saturated rings. The molecule has 0 spiro atoms. The lowest BCUT2D eigenvalue weighted by atomic mass is 10.0. The van der Waals surface area contributed by atoms with Gasteiger partial charge in [0.1, 0.15) is 6.04 Å². The minimum atomic E-state index is -0.0753. The SMILES string of the molecule is C=CCCCCN1CCC(C)[C@H]1C(=O)OC. The Labute approximate surface area is 98.5 Å². The van der Waals surface area contributed by atoms with E-state index < -0.39 is 0 Å². The second-order valence-electron chi connectivity index (χ2n) is 4.55. The van der Waals surface area contributed by atoms with Crippen LogP contribution in [0.5, 0.6) is 0 Å². The molecule has 16 heavy (non-hydrogen) atoms. The van der Waals surface area contributed by atoms with Crippen LogP contribution in [-0.4, -0.2) is 37.1 Å². The van der Waals surface area contributed by atoms with Crippen molar-refractivity contribution in [3.05, 3.63) is 12.7 Å². The zero-order valence-electron chi connectivity index (χ0n) is 10.4. The fraction of sp³-hybridized carbons (Fsp3) is 0.769. The molecule has 92 valence electrons. The van der Waals surface area contributed by atoms with Gasteiger partial charge in [-0.25, -0.2) is 0 Å². The van der Waals surface area contributed by atoms with E-state index in [9.17, 15) is 4.79 Å². The van der Waals surface area contributed by atoms with Crippen molar-refractivity contribution in [1.29, 1.82) is 0 Å². The Morgan fingerprint density at radius 3 is 2.94 bits per heavy atom. The van der Waals surface area contributed by atoms with E-state index >= 15 is 0 Å². The number of esters is 1. The number of likely N-dealkylation sites (tertiary alicyclic amines) is 1. The van der Waals surface area contributed by atoms with Gasteiger partial charge in [0.25, 0.3) is 0 Å². The van der Waals surface area contributed by atoms with Crippen LogP contribution in [0.4, 0.5) is 0 Å². The molecule has 0 bridgehead atoms. The average molecular weight is 225 g/mol. The highest BCUT2D eigenvalue weighted by atomic mass is 16.5. The van der Waals surface area contributed by atoms with Crippen LogP contribution in [0.25, 0.3) is 0 Å². The number of hydrogen-bond acceptors (Lipinski definition) is 3. The van der Waals surface area contributed by atoms with E-state index in [2.05, 4.69) is 18.4 Å². The topological polar surface area (TPSA) is 29.5 Å². The highest BCUT2D eigenvalue weighted by molar-refractivity contribution is 5.76. The second kappa shape index (κ2) is 6.69. The molecule has 1 aliphatic rings. The molecule has 0 aliphatic carbocycles. The quantitative estimate of drug-likeness (QED) is 0.394. The molecule has 1 unspecified atom stereocenters. The molecule has 0 radical (unpaired) electrons. The Balaban J connectivity index is 2.39. The lowest BCUT2D eigenvalue weighted by Gasteiger charge is -2.24. The second-order valence-corrected chi connectivity index (χ2v) is 4.55. The predicted octanol–water partition coefficient (Wildman–Crippen LogP) is 2.23. The number of ether oxygens (including phenoxy) is 1. The van der Waals surface area contributed by atoms with E-state index in [1.54, 1.807) is 0 Å². The molecule has 0 aromatic heterocycles. The zero-order valence-corrected chi connectivity index (χ0v) is 10.4. The van der Waals surface area contributed by atoms with Crippen molar-refractivity contribution >= 4 is 5.97 Å². The summed E-state index contributed by atoms with van der Waals surface area (Å²) in [5, 5.41) is 0. The van der Waals surface area contributed by atoms with Crippen molar-refractivity contribution in [2.75, 3.05) is 20.2 Å². The molecule has 3 heteroatoms. The minimum absolute atomic E-state index is 0.0197. The largest absolute Gasteiger partial charge is 0.468 e. The number of methoxy groups -OCH3 is 1. The molecule has 2 atom stereocenters. The number of allylic oxidation sites excluding steroid dienone is 1. The highest BCUT2D eigenvalue weighted by Crippen LogP contribution is 2.25. The summed E-state index contributed by atoms with van der Waals surface area (Å²) in [7, 11) is 1.48. The van der Waals surface area contributed by atoms with Crippen LogP contribution in [0.15, 0.2) is 12.7 Å². The first-order chi connectivity index (χ1) is 7.70. The molecular formula is C13H23NO2. The van der Waals surface area contributed by atoms with E-state index in [0.29, 0.717) is 5.92 Å². The van der Waals surface area contributed by atoms with E-state index in [1.807, 2.05) is 6.08 Å². The fourth-order valence-electron chi connectivity index (χ4n) is 2.38.